The molecule has 1 aliphatic rings. The number of hydrogen-bond acceptors (Lipinski definition) is 2. The van der Waals surface area contributed by atoms with Crippen LogP contribution in [-0.2, 0) is 0 Å². The first-order chi connectivity index (χ1) is 9.97. The van der Waals surface area contributed by atoms with Crippen LogP contribution in [0.4, 0.5) is 9.18 Å². The molecular weight excluding hydrogens is 269 g/mol. The summed E-state index contributed by atoms with van der Waals surface area (Å²) in [6.45, 7) is 3.65. The van der Waals surface area contributed by atoms with Crippen LogP contribution in [0.1, 0.15) is 31.4 Å². The number of benzene rings is 1. The standard InChI is InChI=1S/C16H24FN3O/c1-12(13-4-6-14(17)7-5-13)18-15-8-10-20(11-9-15)16(21)19(2)3/h4-7,12,15,18H,8-11H2,1-3H3/t12-/m0/s1. The monoisotopic (exact) mass is 293 g/mol. The molecule has 1 saturated heterocycles. The Morgan fingerprint density at radius 2 is 1.86 bits per heavy atom. The van der Waals surface area contributed by atoms with Crippen LogP contribution in [0.15, 0.2) is 24.3 Å². The minimum atomic E-state index is -0.207. The average Bonchev–Trinajstić information content (AvgIpc) is 2.47. The second kappa shape index (κ2) is 6.89. The van der Waals surface area contributed by atoms with Gasteiger partial charge < -0.3 is 15.1 Å². The van der Waals surface area contributed by atoms with E-state index in [1.54, 1.807) is 19.0 Å². The van der Waals surface area contributed by atoms with Gasteiger partial charge in [-0.1, -0.05) is 12.1 Å². The molecule has 0 saturated carbocycles. The van der Waals surface area contributed by atoms with Gasteiger partial charge in [-0.2, -0.15) is 0 Å². The van der Waals surface area contributed by atoms with Crippen LogP contribution in [0.25, 0.3) is 0 Å². The van der Waals surface area contributed by atoms with Crippen LogP contribution < -0.4 is 5.32 Å². The molecule has 2 amide bonds. The zero-order valence-corrected chi connectivity index (χ0v) is 13.0. The highest BCUT2D eigenvalue weighted by atomic mass is 19.1. The molecule has 2 rings (SSSR count). The topological polar surface area (TPSA) is 35.6 Å². The van der Waals surface area contributed by atoms with Gasteiger partial charge in [-0.05, 0) is 37.5 Å². The Hall–Kier alpha value is -1.62. The third-order valence-electron chi connectivity index (χ3n) is 4.00. The minimum Gasteiger partial charge on any atom is -0.331 e. The molecule has 21 heavy (non-hydrogen) atoms. The van der Waals surface area contributed by atoms with Crippen molar-refractivity contribution in [3.8, 4) is 0 Å². The molecule has 0 spiro atoms. The summed E-state index contributed by atoms with van der Waals surface area (Å²) in [6, 6.07) is 7.29. The number of rotatable bonds is 3. The fourth-order valence-corrected chi connectivity index (χ4v) is 2.72. The van der Waals surface area contributed by atoms with Crippen molar-refractivity contribution < 1.29 is 9.18 Å². The highest BCUT2D eigenvalue weighted by molar-refractivity contribution is 5.73. The summed E-state index contributed by atoms with van der Waals surface area (Å²) in [5, 5.41) is 3.57. The molecule has 1 heterocycles. The van der Waals surface area contributed by atoms with E-state index in [1.165, 1.54) is 12.1 Å². The lowest BCUT2D eigenvalue weighted by molar-refractivity contribution is 0.151. The molecule has 0 aromatic heterocycles. The third kappa shape index (κ3) is 4.17. The fourth-order valence-electron chi connectivity index (χ4n) is 2.72. The Kier molecular flexibility index (Phi) is 5.17. The van der Waals surface area contributed by atoms with E-state index < -0.39 is 0 Å². The van der Waals surface area contributed by atoms with Crippen molar-refractivity contribution >= 4 is 6.03 Å². The van der Waals surface area contributed by atoms with Crippen molar-refractivity contribution in [2.24, 2.45) is 0 Å². The van der Waals surface area contributed by atoms with Crippen molar-refractivity contribution in [1.29, 1.82) is 0 Å². The largest absolute Gasteiger partial charge is 0.331 e. The predicted octanol–water partition coefficient (Wildman–Crippen LogP) is 2.62. The maximum absolute atomic E-state index is 12.9. The molecule has 1 atom stereocenters. The zero-order chi connectivity index (χ0) is 15.4. The number of carbonyl (C=O) groups is 1. The first-order valence-corrected chi connectivity index (χ1v) is 7.45. The molecule has 0 bridgehead atoms. The molecular formula is C16H24FN3O. The molecule has 1 aliphatic heterocycles. The Morgan fingerprint density at radius 3 is 2.38 bits per heavy atom. The SMILES string of the molecule is C[C@H](NC1CCN(C(=O)N(C)C)CC1)c1ccc(F)cc1. The highest BCUT2D eigenvalue weighted by Crippen LogP contribution is 2.18. The van der Waals surface area contributed by atoms with Gasteiger partial charge in [0.2, 0.25) is 0 Å². The zero-order valence-electron chi connectivity index (χ0n) is 13.0. The predicted molar refractivity (Wildman–Crippen MR) is 81.6 cm³/mol. The molecule has 0 unspecified atom stereocenters. The number of nitrogens with one attached hydrogen (secondary N) is 1. The molecule has 0 aliphatic carbocycles. The van der Waals surface area contributed by atoms with Crippen LogP contribution in [0.2, 0.25) is 0 Å². The van der Waals surface area contributed by atoms with Crippen LogP contribution in [0.3, 0.4) is 0 Å². The van der Waals surface area contributed by atoms with E-state index in [0.29, 0.717) is 6.04 Å². The van der Waals surface area contributed by atoms with Gasteiger partial charge in [0.25, 0.3) is 0 Å². The van der Waals surface area contributed by atoms with Crippen molar-refractivity contribution in [3.63, 3.8) is 0 Å². The summed E-state index contributed by atoms with van der Waals surface area (Å²) in [6.07, 6.45) is 1.90. The number of amides is 2. The van der Waals surface area contributed by atoms with Crippen molar-refractivity contribution in [2.75, 3.05) is 27.2 Å². The van der Waals surface area contributed by atoms with Gasteiger partial charge in [0.05, 0.1) is 0 Å². The maximum Gasteiger partial charge on any atom is 0.319 e. The normalized spacial score (nSPS) is 17.6. The van der Waals surface area contributed by atoms with Crippen LogP contribution in [0, 0.1) is 5.82 Å². The van der Waals surface area contributed by atoms with E-state index in [4.69, 9.17) is 0 Å². The fraction of sp³-hybridized carbons (Fsp3) is 0.562. The lowest BCUT2D eigenvalue weighted by atomic mass is 10.0. The smallest absolute Gasteiger partial charge is 0.319 e. The van der Waals surface area contributed by atoms with Gasteiger partial charge in [0, 0.05) is 39.3 Å². The molecule has 5 heteroatoms. The van der Waals surface area contributed by atoms with E-state index in [9.17, 15) is 9.18 Å². The minimum absolute atomic E-state index is 0.0834. The number of urea groups is 1. The van der Waals surface area contributed by atoms with Crippen molar-refractivity contribution in [2.45, 2.75) is 31.8 Å². The third-order valence-corrected chi connectivity index (χ3v) is 4.00. The maximum atomic E-state index is 12.9. The highest BCUT2D eigenvalue weighted by Gasteiger charge is 2.24. The second-order valence-electron chi connectivity index (χ2n) is 5.88. The molecule has 0 radical (unpaired) electrons. The Labute approximate surface area is 125 Å². The summed E-state index contributed by atoms with van der Waals surface area (Å²) in [4.78, 5) is 15.4. The molecule has 1 aromatic carbocycles. The second-order valence-corrected chi connectivity index (χ2v) is 5.88. The lowest BCUT2D eigenvalue weighted by Crippen LogP contribution is -2.48. The summed E-state index contributed by atoms with van der Waals surface area (Å²) in [5.41, 5.74) is 1.09. The van der Waals surface area contributed by atoms with Crippen molar-refractivity contribution in [3.05, 3.63) is 35.6 Å². The van der Waals surface area contributed by atoms with E-state index in [0.717, 1.165) is 31.5 Å². The summed E-state index contributed by atoms with van der Waals surface area (Å²) >= 11 is 0. The summed E-state index contributed by atoms with van der Waals surface area (Å²) in [5.74, 6) is -0.207. The lowest BCUT2D eigenvalue weighted by Gasteiger charge is -2.35. The van der Waals surface area contributed by atoms with E-state index in [1.807, 2.05) is 17.0 Å². The molecule has 1 N–H and O–H groups in total. The van der Waals surface area contributed by atoms with Gasteiger partial charge in [0.1, 0.15) is 5.82 Å². The number of likely N-dealkylation sites (tertiary alicyclic amines) is 1. The summed E-state index contributed by atoms with van der Waals surface area (Å²) in [7, 11) is 3.56. The van der Waals surface area contributed by atoms with Gasteiger partial charge in [0.15, 0.2) is 0 Å². The van der Waals surface area contributed by atoms with Gasteiger partial charge in [-0.3, -0.25) is 0 Å². The van der Waals surface area contributed by atoms with E-state index >= 15 is 0 Å². The average molecular weight is 293 g/mol. The first-order valence-electron chi connectivity index (χ1n) is 7.45. The first kappa shape index (κ1) is 15.8. The Bertz CT molecular complexity index is 467. The molecule has 116 valence electrons. The van der Waals surface area contributed by atoms with Gasteiger partial charge in [-0.25, -0.2) is 9.18 Å². The van der Waals surface area contributed by atoms with Crippen LogP contribution in [-0.4, -0.2) is 49.1 Å². The van der Waals surface area contributed by atoms with E-state index in [-0.39, 0.29) is 17.9 Å². The Morgan fingerprint density at radius 1 is 1.29 bits per heavy atom. The Balaban J connectivity index is 1.83. The molecule has 4 nitrogen and oxygen atoms in total. The van der Waals surface area contributed by atoms with E-state index in [2.05, 4.69) is 12.2 Å². The van der Waals surface area contributed by atoms with Crippen molar-refractivity contribution in [1.82, 2.24) is 15.1 Å². The van der Waals surface area contributed by atoms with Crippen LogP contribution in [0.5, 0.6) is 0 Å². The quantitative estimate of drug-likeness (QED) is 0.930. The van der Waals surface area contributed by atoms with Gasteiger partial charge in [-0.15, -0.1) is 0 Å². The number of hydrogen-bond donors (Lipinski definition) is 1. The number of carbonyl (C=O) groups excluding carboxylic acids is 1. The number of piperidine rings is 1. The number of halogens is 1. The number of nitrogens with zero attached hydrogens (tertiary/aromatic N) is 2. The van der Waals surface area contributed by atoms with Gasteiger partial charge >= 0.3 is 6.03 Å². The molecule has 1 aromatic rings. The molecule has 1 fully saturated rings. The summed E-state index contributed by atoms with van der Waals surface area (Å²) < 4.78 is 12.9. The van der Waals surface area contributed by atoms with Crippen LogP contribution >= 0.6 is 0 Å².